The van der Waals surface area contributed by atoms with E-state index in [0.29, 0.717) is 0 Å². The molecule has 0 N–H and O–H groups in total. The third-order valence-electron chi connectivity index (χ3n) is 0. The molecule has 56 valence electrons. The Bertz CT molecular complexity index is 161. The van der Waals surface area contributed by atoms with Crippen LogP contribution in [-0.2, 0) is 14.9 Å². The van der Waals surface area contributed by atoms with Crippen LogP contribution in [0.2, 0.25) is 0 Å². The zero-order valence-electron chi connectivity index (χ0n) is 5.18. The van der Waals surface area contributed by atoms with Gasteiger partial charge >= 0.3 is 94.4 Å². The Morgan fingerprint density at radius 1 is 1.09 bits per heavy atom. The van der Waals surface area contributed by atoms with Crippen molar-refractivity contribution in [2.75, 3.05) is 0 Å². The van der Waals surface area contributed by atoms with Crippen LogP contribution >= 0.6 is 0 Å². The minimum Gasteiger partial charge on any atom is -0.759 e. The van der Waals surface area contributed by atoms with Crippen LogP contribution in [0, 0.1) is 0 Å². The summed E-state index contributed by atoms with van der Waals surface area (Å²) in [7, 11) is -8.80. The topological polar surface area (TPSA) is 143 Å². The summed E-state index contributed by atoms with van der Waals surface area (Å²) in [5.74, 6) is 0. The van der Waals surface area contributed by atoms with Crippen LogP contribution in [-0.4, -0.2) is 121 Å². The van der Waals surface area contributed by atoms with Gasteiger partial charge in [0, 0.05) is 19.6 Å². The van der Waals surface area contributed by atoms with Gasteiger partial charge in [-0.3, -0.25) is 8.42 Å². The van der Waals surface area contributed by atoms with Crippen molar-refractivity contribution in [3.05, 3.63) is 0 Å². The van der Waals surface area contributed by atoms with Crippen molar-refractivity contribution in [3.63, 3.8) is 0 Å². The molecule has 0 aromatic carbocycles. The van der Waals surface area contributed by atoms with E-state index in [9.17, 15) is 0 Å². The Kier molecular flexibility index (Phi) is 26.7. The fourth-order valence-electron chi connectivity index (χ4n) is 0. The van der Waals surface area contributed by atoms with Gasteiger partial charge in [-0.2, -0.15) is 0 Å². The summed E-state index contributed by atoms with van der Waals surface area (Å²) in [5.41, 5.74) is 0. The summed E-state index contributed by atoms with van der Waals surface area (Å²) in [6.07, 6.45) is 0. The van der Waals surface area contributed by atoms with Gasteiger partial charge in [0.1, 0.15) is 0 Å². The molecule has 0 aliphatic heterocycles. The second-order valence-corrected chi connectivity index (χ2v) is 1.97. The Morgan fingerprint density at radius 3 is 1.09 bits per heavy atom. The van der Waals surface area contributed by atoms with Crippen LogP contribution in [0.25, 0.3) is 0 Å². The predicted octanol–water partition coefficient (Wildman–Crippen LogP) is -4.98. The molecule has 0 saturated carbocycles. The third kappa shape index (κ3) is 216. The molecule has 0 bridgehead atoms. The smallest absolute Gasteiger partial charge is 0.759 e. The van der Waals surface area contributed by atoms with Gasteiger partial charge in [-0.1, -0.05) is 0 Å². The van der Waals surface area contributed by atoms with E-state index in [-0.39, 0.29) is 94.4 Å². The van der Waals surface area contributed by atoms with Gasteiger partial charge in [-0.25, -0.2) is 0 Å². The summed E-state index contributed by atoms with van der Waals surface area (Å²) in [6.45, 7) is 0. The van der Waals surface area contributed by atoms with E-state index < -0.39 is 19.6 Å². The van der Waals surface area contributed by atoms with Gasteiger partial charge in [0.2, 0.25) is 0 Å². The average molecular weight is 397 g/mol. The van der Waals surface area contributed by atoms with Crippen molar-refractivity contribution in [3.8, 4) is 0 Å². The largest absolute Gasteiger partial charge is 2.00 e. The molecule has 0 atom stereocenters. The molecule has 0 aromatic heterocycles. The number of hydrogen-bond donors (Lipinski definition) is 0. The van der Waals surface area contributed by atoms with E-state index in [1.54, 1.807) is 0 Å². The molecule has 0 spiro atoms. The quantitative estimate of drug-likeness (QED) is 0.226. The number of rotatable bonds is 0. The van der Waals surface area contributed by atoms with Gasteiger partial charge in [-0.15, -0.1) is 0 Å². The molecule has 0 radical (unpaired) electrons. The van der Waals surface area contributed by atoms with E-state index in [1.165, 1.54) is 0 Å². The monoisotopic (exact) mass is 398 g/mol. The van der Waals surface area contributed by atoms with Gasteiger partial charge in [-0.05, 0) is 0 Å². The molecule has 0 unspecified atom stereocenters. The minimum absolute atomic E-state index is 0. The van der Waals surface area contributed by atoms with Crippen molar-refractivity contribution in [2.24, 2.45) is 0 Å². The van der Waals surface area contributed by atoms with Crippen molar-refractivity contribution in [1.82, 2.24) is 0 Å². The number of hydrogen-bond acceptors (Lipinski definition) is 7. The van der Waals surface area contributed by atoms with E-state index in [2.05, 4.69) is 0 Å². The molecule has 7 nitrogen and oxygen atoms in total. The molecule has 11 heavy (non-hydrogen) atoms. The first-order valence-electron chi connectivity index (χ1n) is 1.28. The first-order valence-corrected chi connectivity index (χ1v) is 3.84. The zero-order valence-corrected chi connectivity index (χ0v) is 14.9. The van der Waals surface area contributed by atoms with Crippen LogP contribution in [0.15, 0.2) is 0 Å². The molecule has 0 aliphatic carbocycles. The van der Waals surface area contributed by atoms with Crippen LogP contribution in [0.4, 0.5) is 0 Å². The fourth-order valence-corrected chi connectivity index (χ4v) is 0. The predicted molar refractivity (Wildman–Crippen MR) is 28.4 cm³/mol. The summed E-state index contributed by atoms with van der Waals surface area (Å²) in [6, 6.07) is 0. The summed E-state index contributed by atoms with van der Waals surface area (Å²) in [4.78, 5) is 17.0. The van der Waals surface area contributed by atoms with Gasteiger partial charge in [0.05, 0.1) is 0 Å². The van der Waals surface area contributed by atoms with Gasteiger partial charge in [0.25, 0.3) is 0 Å². The van der Waals surface area contributed by atoms with Crippen molar-refractivity contribution in [2.45, 2.75) is 0 Å². The Morgan fingerprint density at radius 2 is 1.09 bits per heavy atom. The Labute approximate surface area is 142 Å². The average Bonchev–Trinajstić information content (AvgIpc) is 1.19. The van der Waals surface area contributed by atoms with Crippen molar-refractivity contribution in [1.29, 1.82) is 0 Å². The van der Waals surface area contributed by atoms with Crippen LogP contribution in [0.1, 0.15) is 0 Å². The fraction of sp³-hybridized carbons (Fsp3) is 0. The molecule has 0 heterocycles. The van der Waals surface area contributed by atoms with Crippen LogP contribution < -0.4 is 9.59 Å². The normalized spacial score (nSPS) is 7.45. The minimum atomic E-state index is -5.17. The SMILES string of the molecule is O=S(=O)([O-])[O-].O=[Si]([O-])[O-].[Ba+2].[Sr+2]. The molecular formula is BaO7SSiSr. The van der Waals surface area contributed by atoms with Crippen molar-refractivity contribution < 1.29 is 31.6 Å². The maximum Gasteiger partial charge on any atom is 2.00 e. The van der Waals surface area contributed by atoms with E-state index in [0.717, 1.165) is 0 Å². The van der Waals surface area contributed by atoms with Crippen LogP contribution in [0.5, 0.6) is 0 Å². The molecule has 0 aliphatic rings. The second kappa shape index (κ2) is 12.5. The summed E-state index contributed by atoms with van der Waals surface area (Å²) < 4.78 is 42.6. The van der Waals surface area contributed by atoms with E-state index in [4.69, 9.17) is 31.6 Å². The second-order valence-electron chi connectivity index (χ2n) is 0.658. The molecule has 0 aromatic rings. The third-order valence-corrected chi connectivity index (χ3v) is 0. The molecule has 0 saturated heterocycles. The van der Waals surface area contributed by atoms with E-state index in [1.807, 2.05) is 0 Å². The first kappa shape index (κ1) is 23.4. The van der Waals surface area contributed by atoms with Gasteiger partial charge < -0.3 is 23.2 Å². The molecule has 11 heteroatoms. The first-order chi connectivity index (χ1) is 3.73. The molecule has 0 rings (SSSR count). The molecule has 0 fully saturated rings. The summed E-state index contributed by atoms with van der Waals surface area (Å²) >= 11 is 0. The summed E-state index contributed by atoms with van der Waals surface area (Å²) in [5, 5.41) is 0. The Balaban J connectivity index is -0.0000000383. The van der Waals surface area contributed by atoms with E-state index >= 15 is 0 Å². The van der Waals surface area contributed by atoms with Crippen molar-refractivity contribution >= 4 is 114 Å². The van der Waals surface area contributed by atoms with Gasteiger partial charge in [0.15, 0.2) is 0 Å². The standard InChI is InChI=1S/Ba.H2O4S.O3Si.Sr/c;1-5(2,3)4;1-4(2)3;/h;(H2,1,2,3,4);;/q+2;;-2;+2/p-2. The molecule has 0 amide bonds. The zero-order chi connectivity index (χ0) is 8.08. The Hall–Kier alpha value is 2.54. The maximum absolute atomic E-state index is 8.52. The van der Waals surface area contributed by atoms with Crippen LogP contribution in [0.3, 0.4) is 0 Å². The maximum atomic E-state index is 8.52. The molecular weight excluding hydrogens is 397 g/mol.